The van der Waals surface area contributed by atoms with Crippen molar-refractivity contribution in [2.75, 3.05) is 32.5 Å². The molecule has 0 bridgehead atoms. The van der Waals surface area contributed by atoms with Crippen molar-refractivity contribution in [3.63, 3.8) is 0 Å². The summed E-state index contributed by atoms with van der Waals surface area (Å²) in [4.78, 5) is 27.7. The lowest BCUT2D eigenvalue weighted by Gasteiger charge is -2.30. The molecule has 1 heterocycles. The van der Waals surface area contributed by atoms with E-state index in [0.29, 0.717) is 13.1 Å². The molecule has 1 aliphatic rings. The third kappa shape index (κ3) is 4.31. The molecule has 2 rings (SSSR count). The molecule has 1 fully saturated rings. The minimum Gasteiger partial charge on any atom is -0.343 e. The van der Waals surface area contributed by atoms with Gasteiger partial charge in [0.2, 0.25) is 11.8 Å². The predicted octanol–water partition coefficient (Wildman–Crippen LogP) is 1.95. The number of rotatable bonds is 4. The molecule has 5 nitrogen and oxygen atoms in total. The molecule has 1 N–H and O–H groups in total. The highest BCUT2D eigenvalue weighted by molar-refractivity contribution is 5.93. The van der Waals surface area contributed by atoms with Crippen LogP contribution >= 0.6 is 0 Å². The Labute approximate surface area is 132 Å². The highest BCUT2D eigenvalue weighted by Gasteiger charge is 2.26. The number of hydrogen-bond donors (Lipinski definition) is 1. The molecule has 0 saturated carbocycles. The van der Waals surface area contributed by atoms with Crippen LogP contribution in [0.15, 0.2) is 24.3 Å². The number of para-hydroxylation sites is 1. The Balaban J connectivity index is 1.97. The second-order valence-corrected chi connectivity index (χ2v) is 6.16. The molecule has 1 aromatic rings. The number of carbonyl (C=O) groups is 2. The molecule has 0 atom stereocenters. The van der Waals surface area contributed by atoms with Crippen LogP contribution in [-0.2, 0) is 16.1 Å². The predicted molar refractivity (Wildman–Crippen MR) is 87.4 cm³/mol. The molecular weight excluding hydrogens is 278 g/mol. The van der Waals surface area contributed by atoms with Crippen molar-refractivity contribution >= 4 is 17.5 Å². The molecule has 1 aromatic carbocycles. The van der Waals surface area contributed by atoms with Crippen molar-refractivity contribution in [2.24, 2.45) is 5.92 Å². The average Bonchev–Trinajstić information content (AvgIpc) is 2.48. The molecule has 0 aliphatic carbocycles. The van der Waals surface area contributed by atoms with Gasteiger partial charge >= 0.3 is 0 Å². The number of anilines is 1. The van der Waals surface area contributed by atoms with Crippen molar-refractivity contribution < 1.29 is 9.59 Å². The van der Waals surface area contributed by atoms with E-state index in [0.717, 1.165) is 30.6 Å². The van der Waals surface area contributed by atoms with E-state index in [2.05, 4.69) is 10.2 Å². The maximum atomic E-state index is 12.5. The first kappa shape index (κ1) is 16.5. The third-order valence-electron chi connectivity index (χ3n) is 4.07. The van der Waals surface area contributed by atoms with Crippen LogP contribution in [0.5, 0.6) is 0 Å². The van der Waals surface area contributed by atoms with Crippen LogP contribution in [0.2, 0.25) is 0 Å². The normalized spacial score (nSPS) is 15.9. The van der Waals surface area contributed by atoms with Gasteiger partial charge in [0, 0.05) is 38.2 Å². The molecule has 0 unspecified atom stereocenters. The summed E-state index contributed by atoms with van der Waals surface area (Å²) in [6, 6.07) is 7.91. The lowest BCUT2D eigenvalue weighted by Crippen LogP contribution is -2.40. The maximum Gasteiger partial charge on any atom is 0.227 e. The van der Waals surface area contributed by atoms with Crippen LogP contribution in [0, 0.1) is 5.92 Å². The zero-order valence-electron chi connectivity index (χ0n) is 13.6. The molecule has 1 saturated heterocycles. The first-order valence-electron chi connectivity index (χ1n) is 7.76. The van der Waals surface area contributed by atoms with Crippen LogP contribution in [0.25, 0.3) is 0 Å². The molecule has 0 radical (unpaired) electrons. The Kier molecular flexibility index (Phi) is 5.55. The summed E-state index contributed by atoms with van der Waals surface area (Å²) in [6.07, 6.45) is 1.47. The molecule has 1 aliphatic heterocycles. The largest absolute Gasteiger partial charge is 0.343 e. The quantitative estimate of drug-likeness (QED) is 0.925. The second kappa shape index (κ2) is 7.40. The van der Waals surface area contributed by atoms with Gasteiger partial charge < -0.3 is 15.1 Å². The van der Waals surface area contributed by atoms with Crippen molar-refractivity contribution in [3.05, 3.63) is 29.8 Å². The highest BCUT2D eigenvalue weighted by atomic mass is 16.2. The van der Waals surface area contributed by atoms with Gasteiger partial charge in [0.1, 0.15) is 0 Å². The zero-order valence-corrected chi connectivity index (χ0v) is 13.6. The molecular formula is C17H25N3O2. The van der Waals surface area contributed by atoms with E-state index >= 15 is 0 Å². The second-order valence-electron chi connectivity index (χ2n) is 6.16. The summed E-state index contributed by atoms with van der Waals surface area (Å²) in [6.45, 7) is 3.72. The van der Waals surface area contributed by atoms with E-state index < -0.39 is 0 Å². The highest BCUT2D eigenvalue weighted by Crippen LogP contribution is 2.22. The van der Waals surface area contributed by atoms with Crippen LogP contribution in [0.3, 0.4) is 0 Å². The maximum absolute atomic E-state index is 12.5. The number of nitrogens with one attached hydrogen (secondary N) is 1. The topological polar surface area (TPSA) is 52.7 Å². The monoisotopic (exact) mass is 303 g/mol. The third-order valence-corrected chi connectivity index (χ3v) is 4.07. The zero-order chi connectivity index (χ0) is 16.1. The first-order valence-corrected chi connectivity index (χ1v) is 7.76. The number of amides is 2. The van der Waals surface area contributed by atoms with E-state index in [1.165, 1.54) is 0 Å². The van der Waals surface area contributed by atoms with Crippen LogP contribution in [0.4, 0.5) is 5.69 Å². The van der Waals surface area contributed by atoms with Crippen LogP contribution in [-0.4, -0.2) is 48.8 Å². The minimum absolute atomic E-state index is 0.0111. The van der Waals surface area contributed by atoms with Gasteiger partial charge in [-0.3, -0.25) is 9.59 Å². The van der Waals surface area contributed by atoms with Gasteiger partial charge in [-0.05, 0) is 38.6 Å². The summed E-state index contributed by atoms with van der Waals surface area (Å²) >= 11 is 0. The van der Waals surface area contributed by atoms with E-state index in [4.69, 9.17) is 0 Å². The average molecular weight is 303 g/mol. The fraction of sp³-hybridized carbons (Fsp3) is 0.529. The Morgan fingerprint density at radius 3 is 2.45 bits per heavy atom. The molecule has 2 amide bonds. The SMILES string of the molecule is CC(=O)N1CCC(C(=O)Nc2ccccc2CN(C)C)CC1. The van der Waals surface area contributed by atoms with Crippen LogP contribution in [0.1, 0.15) is 25.3 Å². The van der Waals surface area contributed by atoms with Gasteiger partial charge in [0.15, 0.2) is 0 Å². The summed E-state index contributed by atoms with van der Waals surface area (Å²) < 4.78 is 0. The van der Waals surface area contributed by atoms with Crippen LogP contribution < -0.4 is 5.32 Å². The molecule has 120 valence electrons. The standard InChI is InChI=1S/C17H25N3O2/c1-13(21)20-10-8-14(9-11-20)17(22)18-16-7-5-4-6-15(16)12-19(2)3/h4-7,14H,8-12H2,1-3H3,(H,18,22). The fourth-order valence-corrected chi connectivity index (χ4v) is 2.81. The van der Waals surface area contributed by atoms with Gasteiger partial charge in [-0.15, -0.1) is 0 Å². The number of benzene rings is 1. The Hall–Kier alpha value is -1.88. The molecule has 0 aromatic heterocycles. The van der Waals surface area contributed by atoms with Crippen molar-refractivity contribution in [3.8, 4) is 0 Å². The van der Waals surface area contributed by atoms with Gasteiger partial charge in [-0.25, -0.2) is 0 Å². The number of piperidine rings is 1. The fourth-order valence-electron chi connectivity index (χ4n) is 2.81. The van der Waals surface area contributed by atoms with Crippen molar-refractivity contribution in [1.82, 2.24) is 9.80 Å². The van der Waals surface area contributed by atoms with Gasteiger partial charge in [-0.1, -0.05) is 18.2 Å². The Bertz CT molecular complexity index is 534. The number of nitrogens with zero attached hydrogens (tertiary/aromatic N) is 2. The first-order chi connectivity index (χ1) is 10.5. The molecule has 5 heteroatoms. The number of carbonyl (C=O) groups excluding carboxylic acids is 2. The van der Waals surface area contributed by atoms with E-state index in [1.54, 1.807) is 6.92 Å². The van der Waals surface area contributed by atoms with Crippen molar-refractivity contribution in [2.45, 2.75) is 26.3 Å². The molecule has 0 spiro atoms. The van der Waals surface area contributed by atoms with Gasteiger partial charge in [0.05, 0.1) is 0 Å². The number of likely N-dealkylation sites (tertiary alicyclic amines) is 1. The van der Waals surface area contributed by atoms with Crippen molar-refractivity contribution in [1.29, 1.82) is 0 Å². The van der Waals surface area contributed by atoms with Gasteiger partial charge in [-0.2, -0.15) is 0 Å². The van der Waals surface area contributed by atoms with E-state index in [9.17, 15) is 9.59 Å². The smallest absolute Gasteiger partial charge is 0.227 e. The summed E-state index contributed by atoms with van der Waals surface area (Å²) in [5.41, 5.74) is 2.00. The summed E-state index contributed by atoms with van der Waals surface area (Å²) in [5, 5.41) is 3.06. The molecule has 22 heavy (non-hydrogen) atoms. The van der Waals surface area contributed by atoms with E-state index in [-0.39, 0.29) is 17.7 Å². The summed E-state index contributed by atoms with van der Waals surface area (Å²) in [7, 11) is 4.02. The number of hydrogen-bond acceptors (Lipinski definition) is 3. The Morgan fingerprint density at radius 2 is 1.86 bits per heavy atom. The van der Waals surface area contributed by atoms with E-state index in [1.807, 2.05) is 43.3 Å². The van der Waals surface area contributed by atoms with Gasteiger partial charge in [0.25, 0.3) is 0 Å². The lowest BCUT2D eigenvalue weighted by molar-refractivity contribution is -0.132. The Morgan fingerprint density at radius 1 is 1.23 bits per heavy atom. The lowest BCUT2D eigenvalue weighted by atomic mass is 9.95. The minimum atomic E-state index is -0.0111. The summed E-state index contributed by atoms with van der Waals surface area (Å²) in [5.74, 6) is 0.146.